The monoisotopic (exact) mass is 421 g/mol. The maximum absolute atomic E-state index is 12.5. The molecule has 2 fully saturated rings. The number of nitrogens with one attached hydrogen (secondary N) is 2. The zero-order valence-electron chi connectivity index (χ0n) is 17.5. The van der Waals surface area contributed by atoms with E-state index in [1.807, 2.05) is 30.3 Å². The highest BCUT2D eigenvalue weighted by molar-refractivity contribution is 5.92. The summed E-state index contributed by atoms with van der Waals surface area (Å²) in [6.07, 6.45) is 3.44. The van der Waals surface area contributed by atoms with E-state index in [4.69, 9.17) is 19.4 Å². The van der Waals surface area contributed by atoms with E-state index in [2.05, 4.69) is 15.5 Å². The number of carbonyl (C=O) groups is 3. The van der Waals surface area contributed by atoms with Crippen molar-refractivity contribution in [1.29, 1.82) is 0 Å². The highest BCUT2D eigenvalue weighted by atomic mass is 16.5. The van der Waals surface area contributed by atoms with Crippen LogP contribution in [0.3, 0.4) is 0 Å². The van der Waals surface area contributed by atoms with Crippen molar-refractivity contribution in [2.45, 2.75) is 43.4 Å². The van der Waals surface area contributed by atoms with E-state index in [1.165, 1.54) is 7.11 Å². The molecule has 3 rings (SSSR count). The van der Waals surface area contributed by atoms with E-state index in [-0.39, 0.29) is 42.6 Å². The van der Waals surface area contributed by atoms with Crippen LogP contribution in [0.25, 0.3) is 0 Å². The van der Waals surface area contributed by atoms with Gasteiger partial charge in [-0.05, 0) is 37.8 Å². The van der Waals surface area contributed by atoms with Crippen molar-refractivity contribution in [2.75, 3.05) is 39.2 Å². The number of para-hydroxylation sites is 1. The van der Waals surface area contributed by atoms with Crippen LogP contribution < -0.4 is 10.6 Å². The molecule has 1 aliphatic carbocycles. The second-order valence-corrected chi connectivity index (χ2v) is 7.50. The highest BCUT2D eigenvalue weighted by Crippen LogP contribution is 2.42. The molecule has 9 nitrogen and oxygen atoms in total. The first-order chi connectivity index (χ1) is 14.5. The fourth-order valence-electron chi connectivity index (χ4n) is 4.42. The molecule has 166 valence electrons. The lowest BCUT2D eigenvalue weighted by atomic mass is 9.78. The summed E-state index contributed by atoms with van der Waals surface area (Å²) < 4.78 is 10.8. The fourth-order valence-corrected chi connectivity index (χ4v) is 4.42. The van der Waals surface area contributed by atoms with Crippen LogP contribution in [0.15, 0.2) is 30.3 Å². The minimum absolute atomic E-state index is 0.0290. The molecule has 0 unspecified atom stereocenters. The zero-order chi connectivity index (χ0) is 22.0. The number of carboxylic acid groups (broad SMARTS) is 1. The Morgan fingerprint density at radius 1 is 1.23 bits per heavy atom. The van der Waals surface area contributed by atoms with Gasteiger partial charge in [-0.15, -0.1) is 0 Å². The summed E-state index contributed by atoms with van der Waals surface area (Å²) in [7, 11) is 3.27. The van der Waals surface area contributed by atoms with Gasteiger partial charge in [0.2, 0.25) is 11.8 Å². The van der Waals surface area contributed by atoms with E-state index in [9.17, 15) is 9.59 Å². The molecule has 1 heterocycles. The minimum Gasteiger partial charge on any atom is -0.483 e. The number of amides is 2. The molecule has 3 N–H and O–H groups in total. The molecular formula is C21H31N3O6. The van der Waals surface area contributed by atoms with Gasteiger partial charge in [0.25, 0.3) is 6.47 Å². The molecule has 3 atom stereocenters. The van der Waals surface area contributed by atoms with Gasteiger partial charge in [-0.25, -0.2) is 0 Å². The quantitative estimate of drug-likeness (QED) is 0.565. The summed E-state index contributed by atoms with van der Waals surface area (Å²) in [5.41, 5.74) is 0.572. The predicted octanol–water partition coefficient (Wildman–Crippen LogP) is 1.10. The van der Waals surface area contributed by atoms with Gasteiger partial charge in [-0.3, -0.25) is 19.3 Å². The molecule has 1 aromatic rings. The summed E-state index contributed by atoms with van der Waals surface area (Å²) in [5.74, 6) is -0.127. The van der Waals surface area contributed by atoms with Crippen molar-refractivity contribution in [3.05, 3.63) is 30.3 Å². The Morgan fingerprint density at radius 3 is 2.57 bits per heavy atom. The van der Waals surface area contributed by atoms with Crippen LogP contribution in [0.5, 0.6) is 0 Å². The van der Waals surface area contributed by atoms with E-state index in [1.54, 1.807) is 7.11 Å². The Balaban J connectivity index is 0.00000101. The molecular weight excluding hydrogens is 390 g/mol. The van der Waals surface area contributed by atoms with Crippen LogP contribution in [0.1, 0.15) is 25.7 Å². The lowest BCUT2D eigenvalue weighted by molar-refractivity contribution is -0.127. The van der Waals surface area contributed by atoms with Crippen LogP contribution in [0.2, 0.25) is 0 Å². The number of benzene rings is 1. The lowest BCUT2D eigenvalue weighted by Crippen LogP contribution is -2.55. The Kier molecular flexibility index (Phi) is 9.22. The smallest absolute Gasteiger partial charge is 0.290 e. The number of rotatable bonds is 7. The molecule has 1 saturated carbocycles. The van der Waals surface area contributed by atoms with Crippen molar-refractivity contribution >= 4 is 24.0 Å². The van der Waals surface area contributed by atoms with Gasteiger partial charge in [-0.2, -0.15) is 0 Å². The predicted molar refractivity (Wildman–Crippen MR) is 111 cm³/mol. The normalized spacial score (nSPS) is 25.4. The van der Waals surface area contributed by atoms with Crippen molar-refractivity contribution < 1.29 is 29.0 Å². The van der Waals surface area contributed by atoms with Crippen LogP contribution in [0.4, 0.5) is 5.69 Å². The first kappa shape index (κ1) is 23.8. The Labute approximate surface area is 176 Å². The minimum atomic E-state index is -0.250. The van der Waals surface area contributed by atoms with E-state index in [0.29, 0.717) is 6.54 Å². The molecule has 1 aliphatic heterocycles. The van der Waals surface area contributed by atoms with Crippen LogP contribution >= 0.6 is 0 Å². The number of nitrogens with zero attached hydrogens (tertiary/aromatic N) is 1. The van der Waals surface area contributed by atoms with Crippen molar-refractivity contribution in [2.24, 2.45) is 0 Å². The molecule has 1 saturated heterocycles. The van der Waals surface area contributed by atoms with Gasteiger partial charge < -0.3 is 25.2 Å². The van der Waals surface area contributed by atoms with Gasteiger partial charge >= 0.3 is 0 Å². The summed E-state index contributed by atoms with van der Waals surface area (Å²) >= 11 is 0. The maximum atomic E-state index is 12.5. The molecule has 2 aliphatic rings. The number of fused-ring (bicyclic) bond motifs is 1. The number of ether oxygens (including phenoxy) is 2. The highest BCUT2D eigenvalue weighted by Gasteiger charge is 2.51. The molecule has 2 amide bonds. The average Bonchev–Trinajstić information content (AvgIpc) is 3.08. The van der Waals surface area contributed by atoms with Crippen molar-refractivity contribution in [3.63, 3.8) is 0 Å². The van der Waals surface area contributed by atoms with Gasteiger partial charge in [-0.1, -0.05) is 18.2 Å². The lowest BCUT2D eigenvalue weighted by Gasteiger charge is -2.43. The third kappa shape index (κ3) is 6.25. The number of methoxy groups -OCH3 is 2. The zero-order valence-corrected chi connectivity index (χ0v) is 17.5. The standard InChI is InChI=1S/C20H29N3O4.CH2O2/c1-26-14-19(25)22-16-8-9-20(27-2)10-11-23(17(20)12-16)13-18(24)21-15-6-4-3-5-7-15;2-1-3/h3-7,16-17H,8-14H2,1-2H3,(H,21,24)(H,22,25);1H,(H,2,3)/t16-,17+,20-;/m1./s1. The second kappa shape index (κ2) is 11.6. The number of carbonyl (C=O) groups excluding carboxylic acids is 2. The van der Waals surface area contributed by atoms with E-state index in [0.717, 1.165) is 37.9 Å². The van der Waals surface area contributed by atoms with Crippen molar-refractivity contribution in [1.82, 2.24) is 10.2 Å². The van der Waals surface area contributed by atoms with Gasteiger partial charge in [0.15, 0.2) is 0 Å². The molecule has 30 heavy (non-hydrogen) atoms. The van der Waals surface area contributed by atoms with Gasteiger partial charge in [0.05, 0.1) is 12.1 Å². The fraction of sp³-hybridized carbons (Fsp3) is 0.571. The first-order valence-corrected chi connectivity index (χ1v) is 9.98. The topological polar surface area (TPSA) is 117 Å². The molecule has 1 aromatic carbocycles. The van der Waals surface area contributed by atoms with E-state index < -0.39 is 0 Å². The number of hydrogen-bond donors (Lipinski definition) is 3. The molecule has 0 radical (unpaired) electrons. The van der Waals surface area contributed by atoms with Crippen LogP contribution in [-0.4, -0.2) is 79.9 Å². The Bertz CT molecular complexity index is 701. The SMILES string of the molecule is COCC(=O)N[C@@H]1CC[C@@]2(OC)CCN(CC(=O)Nc3ccccc3)[C@H]2C1.O=CO. The molecule has 9 heteroatoms. The van der Waals surface area contributed by atoms with Gasteiger partial charge in [0, 0.05) is 38.5 Å². The Hall–Kier alpha value is -2.49. The summed E-state index contributed by atoms with van der Waals surface area (Å²) in [6.45, 7) is 0.961. The van der Waals surface area contributed by atoms with E-state index >= 15 is 0 Å². The summed E-state index contributed by atoms with van der Waals surface area (Å²) in [4.78, 5) is 34.9. The Morgan fingerprint density at radius 2 is 1.93 bits per heavy atom. The molecule has 0 bridgehead atoms. The molecule has 0 aromatic heterocycles. The van der Waals surface area contributed by atoms with Crippen molar-refractivity contribution in [3.8, 4) is 0 Å². The average molecular weight is 421 g/mol. The van der Waals surface area contributed by atoms with Gasteiger partial charge in [0.1, 0.15) is 6.61 Å². The summed E-state index contributed by atoms with van der Waals surface area (Å²) in [6, 6.07) is 9.67. The van der Waals surface area contributed by atoms with Crippen LogP contribution in [-0.2, 0) is 23.9 Å². The molecule has 0 spiro atoms. The summed E-state index contributed by atoms with van der Waals surface area (Å²) in [5, 5.41) is 12.9. The second-order valence-electron chi connectivity index (χ2n) is 7.50. The largest absolute Gasteiger partial charge is 0.483 e. The first-order valence-electron chi connectivity index (χ1n) is 9.98. The third-order valence-electron chi connectivity index (χ3n) is 5.75. The number of anilines is 1. The number of hydrogen-bond acceptors (Lipinski definition) is 6. The number of likely N-dealkylation sites (tertiary alicyclic amines) is 1. The van der Waals surface area contributed by atoms with Crippen LogP contribution in [0, 0.1) is 0 Å². The third-order valence-corrected chi connectivity index (χ3v) is 5.75. The maximum Gasteiger partial charge on any atom is 0.290 e.